The molecular weight excluding hydrogens is 344 g/mol. The van der Waals surface area contributed by atoms with Crippen LogP contribution in [0.15, 0.2) is 42.5 Å². The summed E-state index contributed by atoms with van der Waals surface area (Å²) >= 11 is 0. The van der Waals surface area contributed by atoms with Gasteiger partial charge in [0.1, 0.15) is 5.75 Å². The van der Waals surface area contributed by atoms with Gasteiger partial charge in [-0.15, -0.1) is 0 Å². The lowest BCUT2D eigenvalue weighted by Crippen LogP contribution is -2.40. The minimum atomic E-state index is -0.0936. The Balaban J connectivity index is 2.14. The summed E-state index contributed by atoms with van der Waals surface area (Å²) < 4.78 is 16.1. The Labute approximate surface area is 161 Å². The van der Waals surface area contributed by atoms with Crippen LogP contribution in [0.3, 0.4) is 0 Å². The molecule has 1 N–H and O–H groups in total. The van der Waals surface area contributed by atoms with Gasteiger partial charge in [0, 0.05) is 18.7 Å². The summed E-state index contributed by atoms with van der Waals surface area (Å²) in [6.07, 6.45) is 0.701. The molecule has 0 saturated carbocycles. The molecule has 6 heteroatoms. The van der Waals surface area contributed by atoms with Crippen LogP contribution in [0.5, 0.6) is 17.2 Å². The Kier molecular flexibility index (Phi) is 7.79. The van der Waals surface area contributed by atoms with Gasteiger partial charge < -0.3 is 24.4 Å². The molecule has 0 atom stereocenters. The lowest BCUT2D eigenvalue weighted by atomic mass is 10.1. The largest absolute Gasteiger partial charge is 0.496 e. The molecule has 2 amide bonds. The number of methoxy groups -OCH3 is 3. The van der Waals surface area contributed by atoms with E-state index in [0.717, 1.165) is 16.9 Å². The van der Waals surface area contributed by atoms with Gasteiger partial charge in [0.2, 0.25) is 0 Å². The number of para-hydroxylation sites is 1. The van der Waals surface area contributed by atoms with E-state index in [1.807, 2.05) is 49.4 Å². The van der Waals surface area contributed by atoms with Crippen LogP contribution < -0.4 is 19.5 Å². The fourth-order valence-electron chi connectivity index (χ4n) is 2.85. The van der Waals surface area contributed by atoms with Crippen LogP contribution in [0, 0.1) is 0 Å². The van der Waals surface area contributed by atoms with Gasteiger partial charge in [-0.1, -0.05) is 24.3 Å². The van der Waals surface area contributed by atoms with Crippen LogP contribution in [0.1, 0.15) is 18.1 Å². The number of hydrogen-bond acceptors (Lipinski definition) is 4. The lowest BCUT2D eigenvalue weighted by Gasteiger charge is -2.24. The van der Waals surface area contributed by atoms with Crippen LogP contribution in [-0.4, -0.2) is 45.3 Å². The Morgan fingerprint density at radius 1 is 0.963 bits per heavy atom. The van der Waals surface area contributed by atoms with E-state index in [1.165, 1.54) is 0 Å². The van der Waals surface area contributed by atoms with E-state index in [2.05, 4.69) is 5.32 Å². The zero-order chi connectivity index (χ0) is 19.6. The maximum atomic E-state index is 12.5. The van der Waals surface area contributed by atoms with E-state index < -0.39 is 0 Å². The molecule has 0 radical (unpaired) electrons. The van der Waals surface area contributed by atoms with Crippen molar-refractivity contribution in [2.24, 2.45) is 0 Å². The van der Waals surface area contributed by atoms with Gasteiger partial charge in [-0.3, -0.25) is 0 Å². The quantitative estimate of drug-likeness (QED) is 0.732. The fraction of sp³-hybridized carbons (Fsp3) is 0.381. The third-order valence-corrected chi connectivity index (χ3v) is 4.29. The predicted molar refractivity (Wildman–Crippen MR) is 106 cm³/mol. The van der Waals surface area contributed by atoms with E-state index in [-0.39, 0.29) is 6.03 Å². The van der Waals surface area contributed by atoms with Crippen LogP contribution in [0.25, 0.3) is 0 Å². The molecule has 0 aromatic heterocycles. The van der Waals surface area contributed by atoms with Gasteiger partial charge >= 0.3 is 6.03 Å². The summed E-state index contributed by atoms with van der Waals surface area (Å²) in [6.45, 7) is 3.54. The van der Waals surface area contributed by atoms with E-state index in [4.69, 9.17) is 14.2 Å². The molecule has 146 valence electrons. The molecule has 0 heterocycles. The Bertz CT molecular complexity index is 749. The summed E-state index contributed by atoms with van der Waals surface area (Å²) in [4.78, 5) is 14.3. The number of nitrogens with zero attached hydrogens (tertiary/aromatic N) is 1. The fourth-order valence-corrected chi connectivity index (χ4v) is 2.85. The summed E-state index contributed by atoms with van der Waals surface area (Å²) in [5.41, 5.74) is 2.04. The molecular formula is C21H28N2O4. The smallest absolute Gasteiger partial charge is 0.317 e. The number of amides is 2. The number of ether oxygens (including phenoxy) is 3. The molecule has 0 aliphatic rings. The summed E-state index contributed by atoms with van der Waals surface area (Å²) in [6, 6.07) is 13.5. The maximum Gasteiger partial charge on any atom is 0.317 e. The molecule has 0 unspecified atom stereocenters. The summed E-state index contributed by atoms with van der Waals surface area (Å²) in [7, 11) is 4.87. The molecule has 2 aromatic rings. The van der Waals surface area contributed by atoms with Crippen molar-refractivity contribution >= 4 is 6.03 Å². The van der Waals surface area contributed by atoms with Gasteiger partial charge in [0.15, 0.2) is 11.5 Å². The highest BCUT2D eigenvalue weighted by Crippen LogP contribution is 2.28. The predicted octanol–water partition coefficient (Wildman–Crippen LogP) is 3.49. The Morgan fingerprint density at radius 2 is 1.67 bits per heavy atom. The highest BCUT2D eigenvalue weighted by atomic mass is 16.5. The second-order valence-corrected chi connectivity index (χ2v) is 6.01. The second-order valence-electron chi connectivity index (χ2n) is 6.01. The van der Waals surface area contributed by atoms with Crippen molar-refractivity contribution in [2.45, 2.75) is 19.9 Å². The molecule has 0 aliphatic carbocycles. The van der Waals surface area contributed by atoms with Crippen molar-refractivity contribution in [3.8, 4) is 17.2 Å². The third-order valence-electron chi connectivity index (χ3n) is 4.29. The SMILES string of the molecule is CCNC(=O)N(CCc1ccc(OC)c(OC)c1)Cc1ccccc1OC. The summed E-state index contributed by atoms with van der Waals surface area (Å²) in [5, 5.41) is 2.88. The van der Waals surface area contributed by atoms with Crippen LogP contribution in [0.4, 0.5) is 4.79 Å². The highest BCUT2D eigenvalue weighted by molar-refractivity contribution is 5.74. The average molecular weight is 372 g/mol. The molecule has 0 saturated heterocycles. The van der Waals surface area contributed by atoms with Crippen molar-refractivity contribution in [1.29, 1.82) is 0 Å². The molecule has 27 heavy (non-hydrogen) atoms. The van der Waals surface area contributed by atoms with Gasteiger partial charge in [-0.25, -0.2) is 4.79 Å². The van der Waals surface area contributed by atoms with Crippen LogP contribution >= 0.6 is 0 Å². The zero-order valence-corrected chi connectivity index (χ0v) is 16.5. The molecule has 0 aliphatic heterocycles. The molecule has 6 nitrogen and oxygen atoms in total. The monoisotopic (exact) mass is 372 g/mol. The van der Waals surface area contributed by atoms with Crippen molar-refractivity contribution in [1.82, 2.24) is 10.2 Å². The first kappa shape index (κ1) is 20.4. The average Bonchev–Trinajstić information content (AvgIpc) is 2.71. The number of benzene rings is 2. The number of nitrogens with one attached hydrogen (secondary N) is 1. The zero-order valence-electron chi connectivity index (χ0n) is 16.5. The van der Waals surface area contributed by atoms with Gasteiger partial charge in [0.05, 0.1) is 27.9 Å². The highest BCUT2D eigenvalue weighted by Gasteiger charge is 2.16. The first-order valence-corrected chi connectivity index (χ1v) is 8.98. The standard InChI is InChI=1S/C21H28N2O4/c1-5-22-21(24)23(15-17-8-6-7-9-18(17)25-2)13-12-16-10-11-19(26-3)20(14-16)27-4/h6-11,14H,5,12-13,15H2,1-4H3,(H,22,24). The van der Waals surface area contributed by atoms with Crippen molar-refractivity contribution in [2.75, 3.05) is 34.4 Å². The molecule has 0 bridgehead atoms. The molecule has 2 aromatic carbocycles. The number of urea groups is 1. The van der Waals surface area contributed by atoms with Crippen LogP contribution in [0.2, 0.25) is 0 Å². The molecule has 2 rings (SSSR count). The van der Waals surface area contributed by atoms with Gasteiger partial charge in [-0.05, 0) is 37.1 Å². The van der Waals surface area contributed by atoms with Crippen molar-refractivity contribution in [3.05, 3.63) is 53.6 Å². The topological polar surface area (TPSA) is 60.0 Å². The van der Waals surface area contributed by atoms with Crippen LogP contribution in [-0.2, 0) is 13.0 Å². The van der Waals surface area contributed by atoms with Gasteiger partial charge in [0.25, 0.3) is 0 Å². The third kappa shape index (κ3) is 5.54. The van der Waals surface area contributed by atoms with Gasteiger partial charge in [-0.2, -0.15) is 0 Å². The molecule has 0 spiro atoms. The van der Waals surface area contributed by atoms with E-state index in [0.29, 0.717) is 37.6 Å². The number of hydrogen-bond donors (Lipinski definition) is 1. The lowest BCUT2D eigenvalue weighted by molar-refractivity contribution is 0.195. The van der Waals surface area contributed by atoms with Crippen molar-refractivity contribution in [3.63, 3.8) is 0 Å². The normalized spacial score (nSPS) is 10.2. The van der Waals surface area contributed by atoms with E-state index >= 15 is 0 Å². The van der Waals surface area contributed by atoms with E-state index in [9.17, 15) is 4.79 Å². The maximum absolute atomic E-state index is 12.5. The number of carbonyl (C=O) groups is 1. The molecule has 0 fully saturated rings. The van der Waals surface area contributed by atoms with E-state index in [1.54, 1.807) is 26.2 Å². The minimum absolute atomic E-state index is 0.0936. The Morgan fingerprint density at radius 3 is 2.33 bits per heavy atom. The van der Waals surface area contributed by atoms with Crippen molar-refractivity contribution < 1.29 is 19.0 Å². The minimum Gasteiger partial charge on any atom is -0.496 e. The number of rotatable bonds is 9. The summed E-state index contributed by atoms with van der Waals surface area (Å²) in [5.74, 6) is 2.15. The first-order chi connectivity index (χ1) is 13.1. The number of carbonyl (C=O) groups excluding carboxylic acids is 1. The second kappa shape index (κ2) is 10.3. The first-order valence-electron chi connectivity index (χ1n) is 8.98. The Hall–Kier alpha value is -2.89.